The molecule has 1 N–H and O–H groups in total. The molecule has 9 heteroatoms. The number of halogens is 1. The van der Waals surface area contributed by atoms with Crippen LogP contribution in [0.3, 0.4) is 0 Å². The van der Waals surface area contributed by atoms with E-state index in [2.05, 4.69) is 10.3 Å². The number of fused-ring (bicyclic) bond motifs is 1. The SMILES string of the molecule is O=C(NCc1cn2cc(Cl)ccc2n1)c1ccc(S(=O)(=O)N2CCCC2)cc1. The lowest BCUT2D eigenvalue weighted by atomic mass is 10.2. The van der Waals surface area contributed by atoms with Crippen LogP contribution in [-0.4, -0.2) is 41.1 Å². The van der Waals surface area contributed by atoms with E-state index in [1.54, 1.807) is 28.9 Å². The highest BCUT2D eigenvalue weighted by atomic mass is 35.5. The van der Waals surface area contributed by atoms with Crippen molar-refractivity contribution in [1.29, 1.82) is 0 Å². The Kier molecular flexibility index (Phi) is 5.09. The number of pyridine rings is 1. The second kappa shape index (κ2) is 7.54. The summed E-state index contributed by atoms with van der Waals surface area (Å²) >= 11 is 5.96. The fourth-order valence-electron chi connectivity index (χ4n) is 3.23. The van der Waals surface area contributed by atoms with Gasteiger partial charge in [0.2, 0.25) is 10.0 Å². The zero-order chi connectivity index (χ0) is 19.7. The maximum Gasteiger partial charge on any atom is 0.251 e. The highest BCUT2D eigenvalue weighted by Gasteiger charge is 2.27. The highest BCUT2D eigenvalue weighted by Crippen LogP contribution is 2.21. The summed E-state index contributed by atoms with van der Waals surface area (Å²) in [5.41, 5.74) is 1.83. The van der Waals surface area contributed by atoms with Crippen molar-refractivity contribution < 1.29 is 13.2 Å². The summed E-state index contributed by atoms with van der Waals surface area (Å²) in [5, 5.41) is 3.40. The molecule has 0 radical (unpaired) electrons. The van der Waals surface area contributed by atoms with Gasteiger partial charge in [0.25, 0.3) is 5.91 Å². The van der Waals surface area contributed by atoms with E-state index >= 15 is 0 Å². The number of hydrogen-bond donors (Lipinski definition) is 1. The first-order valence-electron chi connectivity index (χ1n) is 8.95. The molecule has 3 aromatic rings. The van der Waals surface area contributed by atoms with Gasteiger partial charge in [-0.2, -0.15) is 4.31 Å². The van der Waals surface area contributed by atoms with Crippen molar-refractivity contribution in [3.05, 3.63) is 65.1 Å². The molecule has 0 atom stereocenters. The fourth-order valence-corrected chi connectivity index (χ4v) is 4.92. The average molecular weight is 419 g/mol. The monoisotopic (exact) mass is 418 g/mol. The molecule has 0 bridgehead atoms. The molecule has 0 spiro atoms. The van der Waals surface area contributed by atoms with Gasteiger partial charge in [0, 0.05) is 31.0 Å². The number of sulfonamides is 1. The standard InChI is InChI=1S/C19H19ClN4O3S/c20-15-5-8-18-22-16(13-23(18)12-15)11-21-19(25)14-3-6-17(7-4-14)28(26,27)24-9-1-2-10-24/h3-8,12-13H,1-2,9-11H2,(H,21,25). The molecule has 0 aliphatic carbocycles. The Morgan fingerprint density at radius 2 is 1.79 bits per heavy atom. The molecule has 3 heterocycles. The number of carbonyl (C=O) groups excluding carboxylic acids is 1. The highest BCUT2D eigenvalue weighted by molar-refractivity contribution is 7.89. The number of carbonyl (C=O) groups is 1. The first-order chi connectivity index (χ1) is 13.4. The molecule has 1 aromatic carbocycles. The molecule has 1 saturated heterocycles. The maximum absolute atomic E-state index is 12.5. The first-order valence-corrected chi connectivity index (χ1v) is 10.8. The molecule has 1 aliphatic rings. The summed E-state index contributed by atoms with van der Waals surface area (Å²) < 4.78 is 28.4. The Labute approximate surface area is 168 Å². The normalized spacial score (nSPS) is 15.2. The average Bonchev–Trinajstić information content (AvgIpc) is 3.36. The smallest absolute Gasteiger partial charge is 0.251 e. The Morgan fingerprint density at radius 1 is 1.07 bits per heavy atom. The second-order valence-electron chi connectivity index (χ2n) is 6.66. The summed E-state index contributed by atoms with van der Waals surface area (Å²) in [7, 11) is -3.48. The number of benzene rings is 1. The molecular weight excluding hydrogens is 400 g/mol. The van der Waals surface area contributed by atoms with E-state index in [1.165, 1.54) is 28.6 Å². The Bertz CT molecular complexity index is 1120. The predicted octanol–water partition coefficient (Wildman–Crippen LogP) is 2.70. The maximum atomic E-state index is 12.5. The summed E-state index contributed by atoms with van der Waals surface area (Å²) in [5.74, 6) is -0.291. The summed E-state index contributed by atoms with van der Waals surface area (Å²) in [6.07, 6.45) is 5.31. The van der Waals surface area contributed by atoms with Crippen LogP contribution >= 0.6 is 11.6 Å². The number of aromatic nitrogens is 2. The van der Waals surface area contributed by atoms with Gasteiger partial charge in [0.1, 0.15) is 5.65 Å². The van der Waals surface area contributed by atoms with E-state index in [4.69, 9.17) is 11.6 Å². The molecule has 0 unspecified atom stereocenters. The zero-order valence-corrected chi connectivity index (χ0v) is 16.6. The van der Waals surface area contributed by atoms with E-state index in [0.29, 0.717) is 29.4 Å². The van der Waals surface area contributed by atoms with Gasteiger partial charge in [-0.25, -0.2) is 13.4 Å². The minimum atomic E-state index is -3.48. The lowest BCUT2D eigenvalue weighted by molar-refractivity contribution is 0.0950. The number of nitrogens with one attached hydrogen (secondary N) is 1. The minimum absolute atomic E-state index is 0.211. The molecule has 1 fully saturated rings. The van der Waals surface area contributed by atoms with E-state index in [-0.39, 0.29) is 17.3 Å². The molecule has 28 heavy (non-hydrogen) atoms. The van der Waals surface area contributed by atoms with Crippen LogP contribution in [0.5, 0.6) is 0 Å². The third-order valence-electron chi connectivity index (χ3n) is 4.71. The minimum Gasteiger partial charge on any atom is -0.346 e. The van der Waals surface area contributed by atoms with Crippen LogP contribution in [0.2, 0.25) is 5.02 Å². The second-order valence-corrected chi connectivity index (χ2v) is 9.04. The van der Waals surface area contributed by atoms with Crippen molar-refractivity contribution in [3.63, 3.8) is 0 Å². The Morgan fingerprint density at radius 3 is 2.50 bits per heavy atom. The van der Waals surface area contributed by atoms with Crippen molar-refractivity contribution in [1.82, 2.24) is 19.0 Å². The van der Waals surface area contributed by atoms with Gasteiger partial charge in [-0.05, 0) is 49.2 Å². The van der Waals surface area contributed by atoms with Crippen LogP contribution in [0.4, 0.5) is 0 Å². The Hall–Kier alpha value is -2.42. The number of amides is 1. The molecule has 1 aliphatic heterocycles. The first kappa shape index (κ1) is 18.9. The van der Waals surface area contributed by atoms with Gasteiger partial charge < -0.3 is 9.72 Å². The van der Waals surface area contributed by atoms with Crippen molar-refractivity contribution in [2.24, 2.45) is 0 Å². The summed E-state index contributed by atoms with van der Waals surface area (Å²) in [6.45, 7) is 1.36. The largest absolute Gasteiger partial charge is 0.346 e. The third-order valence-corrected chi connectivity index (χ3v) is 6.85. The lowest BCUT2D eigenvalue weighted by Crippen LogP contribution is -2.28. The van der Waals surface area contributed by atoms with Gasteiger partial charge >= 0.3 is 0 Å². The fraction of sp³-hybridized carbons (Fsp3) is 0.263. The van der Waals surface area contributed by atoms with Crippen molar-refractivity contribution in [2.75, 3.05) is 13.1 Å². The third kappa shape index (κ3) is 3.76. The van der Waals surface area contributed by atoms with Crippen LogP contribution in [0.1, 0.15) is 28.9 Å². The molecular formula is C19H19ClN4O3S. The molecule has 146 valence electrons. The molecule has 2 aromatic heterocycles. The van der Waals surface area contributed by atoms with Crippen LogP contribution in [0.15, 0.2) is 53.7 Å². The number of imidazole rings is 1. The van der Waals surface area contributed by atoms with Gasteiger partial charge in [-0.3, -0.25) is 4.79 Å². The molecule has 0 saturated carbocycles. The van der Waals surface area contributed by atoms with Crippen LogP contribution in [-0.2, 0) is 16.6 Å². The topological polar surface area (TPSA) is 83.8 Å². The predicted molar refractivity (Wildman–Crippen MR) is 106 cm³/mol. The molecule has 7 nitrogen and oxygen atoms in total. The zero-order valence-electron chi connectivity index (χ0n) is 15.0. The number of nitrogens with zero attached hydrogens (tertiary/aromatic N) is 3. The van der Waals surface area contributed by atoms with Crippen LogP contribution in [0.25, 0.3) is 5.65 Å². The van der Waals surface area contributed by atoms with E-state index in [9.17, 15) is 13.2 Å². The van der Waals surface area contributed by atoms with Crippen molar-refractivity contribution >= 4 is 33.2 Å². The molecule has 1 amide bonds. The van der Waals surface area contributed by atoms with E-state index in [0.717, 1.165) is 18.5 Å². The van der Waals surface area contributed by atoms with Crippen LogP contribution in [0, 0.1) is 0 Å². The lowest BCUT2D eigenvalue weighted by Gasteiger charge is -2.15. The van der Waals surface area contributed by atoms with Crippen molar-refractivity contribution in [2.45, 2.75) is 24.3 Å². The van der Waals surface area contributed by atoms with Gasteiger partial charge in [0.05, 0.1) is 22.2 Å². The van der Waals surface area contributed by atoms with Gasteiger partial charge in [-0.1, -0.05) is 11.6 Å². The van der Waals surface area contributed by atoms with E-state index in [1.807, 2.05) is 0 Å². The number of hydrogen-bond acceptors (Lipinski definition) is 4. The Balaban J connectivity index is 1.43. The van der Waals surface area contributed by atoms with Gasteiger partial charge in [-0.15, -0.1) is 0 Å². The number of rotatable bonds is 5. The summed E-state index contributed by atoms with van der Waals surface area (Å²) in [6, 6.07) is 9.58. The van der Waals surface area contributed by atoms with Crippen molar-refractivity contribution in [3.8, 4) is 0 Å². The molecule has 4 rings (SSSR count). The van der Waals surface area contributed by atoms with Gasteiger partial charge in [0.15, 0.2) is 0 Å². The quantitative estimate of drug-likeness (QED) is 0.690. The van der Waals surface area contributed by atoms with E-state index < -0.39 is 10.0 Å². The van der Waals surface area contributed by atoms with Crippen LogP contribution < -0.4 is 5.32 Å². The summed E-state index contributed by atoms with van der Waals surface area (Å²) in [4.78, 5) is 17.0.